The summed E-state index contributed by atoms with van der Waals surface area (Å²) in [5.41, 5.74) is 2.64. The number of para-hydroxylation sites is 1. The van der Waals surface area contributed by atoms with E-state index in [1.807, 2.05) is 66.7 Å². The quantitative estimate of drug-likeness (QED) is 0.269. The lowest BCUT2D eigenvalue weighted by molar-refractivity contribution is -0.142. The Kier molecular flexibility index (Phi) is 9.92. The number of aromatic nitrogens is 1. The van der Waals surface area contributed by atoms with E-state index in [2.05, 4.69) is 10.3 Å². The van der Waals surface area contributed by atoms with E-state index in [1.54, 1.807) is 48.7 Å². The second kappa shape index (κ2) is 14.0. The van der Waals surface area contributed by atoms with Crippen LogP contribution in [0.15, 0.2) is 103 Å². The maximum absolute atomic E-state index is 13.7. The number of rotatable bonds is 12. The van der Waals surface area contributed by atoms with Crippen LogP contribution in [0.1, 0.15) is 16.7 Å². The highest BCUT2D eigenvalue weighted by Crippen LogP contribution is 2.24. The van der Waals surface area contributed by atoms with Crippen molar-refractivity contribution >= 4 is 23.4 Å². The molecule has 1 aromatic heterocycles. The highest BCUT2D eigenvalue weighted by atomic mass is 35.5. The molecule has 4 aromatic rings. The summed E-state index contributed by atoms with van der Waals surface area (Å²) in [7, 11) is 1.60. The molecule has 4 rings (SSSR count). The lowest BCUT2D eigenvalue weighted by atomic mass is 10.0. The second-order valence-electron chi connectivity index (χ2n) is 8.87. The van der Waals surface area contributed by atoms with Gasteiger partial charge in [-0.25, -0.2) is 0 Å². The first-order valence-electron chi connectivity index (χ1n) is 12.5. The highest BCUT2D eigenvalue weighted by Gasteiger charge is 2.30. The van der Waals surface area contributed by atoms with Crippen LogP contribution in [0.4, 0.5) is 0 Å². The third kappa shape index (κ3) is 8.06. The Bertz CT molecular complexity index is 1350. The van der Waals surface area contributed by atoms with Gasteiger partial charge in [0.25, 0.3) is 5.91 Å². The minimum absolute atomic E-state index is 0.201. The summed E-state index contributed by atoms with van der Waals surface area (Å²) < 4.78 is 11.1. The number of carbonyl (C=O) groups is 2. The molecule has 0 radical (unpaired) electrons. The standard InChI is InChI=1S/C31H30ClN3O4/c1-38-26-15-13-24(14-16-26)21-35(30(36)22-39-29-12-6-5-11-27(29)32)28(18-23-8-3-2-4-9-23)31(37)34-20-25-10-7-17-33-19-25/h2-17,19,28H,18,20-22H2,1H3,(H,34,37)/t28-/m1/s1. The van der Waals surface area contributed by atoms with E-state index in [-0.39, 0.29) is 25.0 Å². The predicted octanol–water partition coefficient (Wildman–Crippen LogP) is 5.08. The van der Waals surface area contributed by atoms with Gasteiger partial charge in [0.05, 0.1) is 12.1 Å². The normalized spacial score (nSPS) is 11.3. The number of ether oxygens (including phenoxy) is 2. The first-order chi connectivity index (χ1) is 19.0. The number of amides is 2. The summed E-state index contributed by atoms with van der Waals surface area (Å²) in [6, 6.07) is 26.9. The molecule has 1 heterocycles. The first kappa shape index (κ1) is 27.7. The van der Waals surface area contributed by atoms with Crippen LogP contribution in [-0.4, -0.2) is 41.5 Å². The van der Waals surface area contributed by atoms with Crippen molar-refractivity contribution in [1.29, 1.82) is 0 Å². The van der Waals surface area contributed by atoms with E-state index in [9.17, 15) is 9.59 Å². The van der Waals surface area contributed by atoms with E-state index in [0.29, 0.717) is 29.5 Å². The van der Waals surface area contributed by atoms with Gasteiger partial charge in [-0.15, -0.1) is 0 Å². The lowest BCUT2D eigenvalue weighted by Gasteiger charge is -2.31. The Labute approximate surface area is 233 Å². The molecule has 2 amide bonds. The number of halogens is 1. The Morgan fingerprint density at radius 1 is 0.897 bits per heavy atom. The summed E-state index contributed by atoms with van der Waals surface area (Å²) in [6.45, 7) is 0.215. The minimum atomic E-state index is -0.798. The molecule has 1 N–H and O–H groups in total. The molecule has 3 aromatic carbocycles. The molecule has 200 valence electrons. The molecule has 8 heteroatoms. The van der Waals surface area contributed by atoms with E-state index >= 15 is 0 Å². The van der Waals surface area contributed by atoms with Crippen LogP contribution in [0, 0.1) is 0 Å². The summed E-state index contributed by atoms with van der Waals surface area (Å²) >= 11 is 6.23. The smallest absolute Gasteiger partial charge is 0.261 e. The fourth-order valence-corrected chi connectivity index (χ4v) is 4.27. The van der Waals surface area contributed by atoms with Crippen LogP contribution >= 0.6 is 11.6 Å². The highest BCUT2D eigenvalue weighted by molar-refractivity contribution is 6.32. The minimum Gasteiger partial charge on any atom is -0.497 e. The Morgan fingerprint density at radius 3 is 2.31 bits per heavy atom. The average Bonchev–Trinajstić information content (AvgIpc) is 2.98. The van der Waals surface area contributed by atoms with E-state index in [0.717, 1.165) is 16.7 Å². The molecule has 0 spiro atoms. The molecule has 39 heavy (non-hydrogen) atoms. The van der Waals surface area contributed by atoms with Crippen LogP contribution in [0.5, 0.6) is 11.5 Å². The van der Waals surface area contributed by atoms with Gasteiger partial charge in [-0.05, 0) is 47.0 Å². The van der Waals surface area contributed by atoms with Gasteiger partial charge in [0.2, 0.25) is 5.91 Å². The zero-order valence-corrected chi connectivity index (χ0v) is 22.4. The van der Waals surface area contributed by atoms with Crippen molar-refractivity contribution in [3.05, 3.63) is 125 Å². The predicted molar refractivity (Wildman–Crippen MR) is 151 cm³/mol. The van der Waals surface area contributed by atoms with Crippen molar-refractivity contribution in [1.82, 2.24) is 15.2 Å². The van der Waals surface area contributed by atoms with Gasteiger partial charge in [-0.1, -0.05) is 72.3 Å². The van der Waals surface area contributed by atoms with Gasteiger partial charge in [0.1, 0.15) is 17.5 Å². The summed E-state index contributed by atoms with van der Waals surface area (Å²) in [4.78, 5) is 33.1. The average molecular weight is 544 g/mol. The zero-order chi connectivity index (χ0) is 27.5. The molecule has 0 aliphatic carbocycles. The van der Waals surface area contributed by atoms with Crippen molar-refractivity contribution in [2.45, 2.75) is 25.6 Å². The van der Waals surface area contributed by atoms with Crippen molar-refractivity contribution in [3.63, 3.8) is 0 Å². The molecule has 1 atom stereocenters. The number of nitrogens with one attached hydrogen (secondary N) is 1. The summed E-state index contributed by atoms with van der Waals surface area (Å²) in [5, 5.41) is 3.39. The number of hydrogen-bond donors (Lipinski definition) is 1. The van der Waals surface area contributed by atoms with Gasteiger partial charge >= 0.3 is 0 Å². The van der Waals surface area contributed by atoms with Crippen LogP contribution in [0.3, 0.4) is 0 Å². The lowest BCUT2D eigenvalue weighted by Crippen LogP contribution is -2.51. The molecular formula is C31H30ClN3O4. The number of benzene rings is 3. The monoisotopic (exact) mass is 543 g/mol. The van der Waals surface area contributed by atoms with Crippen LogP contribution in [-0.2, 0) is 29.1 Å². The van der Waals surface area contributed by atoms with Crippen LogP contribution in [0.2, 0.25) is 5.02 Å². The molecule has 0 unspecified atom stereocenters. The fourth-order valence-electron chi connectivity index (χ4n) is 4.08. The van der Waals surface area contributed by atoms with Crippen LogP contribution in [0.25, 0.3) is 0 Å². The molecule has 0 bridgehead atoms. The second-order valence-corrected chi connectivity index (χ2v) is 9.28. The third-order valence-corrected chi connectivity index (χ3v) is 6.47. The van der Waals surface area contributed by atoms with Crippen molar-refractivity contribution in [3.8, 4) is 11.5 Å². The van der Waals surface area contributed by atoms with E-state index < -0.39 is 6.04 Å². The summed E-state index contributed by atoms with van der Waals surface area (Å²) in [6.07, 6.45) is 3.70. The maximum atomic E-state index is 13.7. The number of pyridine rings is 1. The number of nitrogens with zero attached hydrogens (tertiary/aromatic N) is 2. The molecule has 0 aliphatic heterocycles. The van der Waals surface area contributed by atoms with Crippen molar-refractivity contribution < 1.29 is 19.1 Å². The van der Waals surface area contributed by atoms with Crippen LogP contribution < -0.4 is 14.8 Å². The SMILES string of the molecule is COc1ccc(CN(C(=O)COc2ccccc2Cl)[C@H](Cc2ccccc2)C(=O)NCc2cccnc2)cc1. The Morgan fingerprint density at radius 2 is 1.62 bits per heavy atom. The number of methoxy groups -OCH3 is 1. The molecule has 0 aliphatic rings. The third-order valence-electron chi connectivity index (χ3n) is 6.16. The van der Waals surface area contributed by atoms with Gasteiger partial charge in [-0.3, -0.25) is 14.6 Å². The van der Waals surface area contributed by atoms with Gasteiger partial charge in [-0.2, -0.15) is 0 Å². The molecule has 7 nitrogen and oxygen atoms in total. The number of hydrogen-bond acceptors (Lipinski definition) is 5. The molecule has 0 saturated heterocycles. The fraction of sp³-hybridized carbons (Fsp3) is 0.194. The number of carbonyl (C=O) groups excluding carboxylic acids is 2. The van der Waals surface area contributed by atoms with Gasteiger partial charge in [0.15, 0.2) is 6.61 Å². The molecule has 0 saturated carbocycles. The van der Waals surface area contributed by atoms with Gasteiger partial charge < -0.3 is 19.7 Å². The van der Waals surface area contributed by atoms with Crippen molar-refractivity contribution in [2.75, 3.05) is 13.7 Å². The Hall–Kier alpha value is -4.36. The van der Waals surface area contributed by atoms with Gasteiger partial charge in [0, 0.05) is 31.9 Å². The first-order valence-corrected chi connectivity index (χ1v) is 12.9. The molecular weight excluding hydrogens is 514 g/mol. The summed E-state index contributed by atoms with van der Waals surface area (Å²) in [5.74, 6) is 0.483. The Balaban J connectivity index is 1.62. The zero-order valence-electron chi connectivity index (χ0n) is 21.6. The maximum Gasteiger partial charge on any atom is 0.261 e. The largest absolute Gasteiger partial charge is 0.497 e. The topological polar surface area (TPSA) is 80.8 Å². The van der Waals surface area contributed by atoms with E-state index in [4.69, 9.17) is 21.1 Å². The molecule has 0 fully saturated rings. The van der Waals surface area contributed by atoms with Crippen molar-refractivity contribution in [2.24, 2.45) is 0 Å². The van der Waals surface area contributed by atoms with E-state index in [1.165, 1.54) is 0 Å².